The number of aliphatic hydroxyl groups is 7. The predicted molar refractivity (Wildman–Crippen MR) is 106 cm³/mol. The summed E-state index contributed by atoms with van der Waals surface area (Å²) in [6.45, 7) is -0.0163. The fourth-order valence-corrected chi connectivity index (χ4v) is 3.74. The van der Waals surface area contributed by atoms with Crippen LogP contribution in [0.5, 0.6) is 0 Å². The van der Waals surface area contributed by atoms with E-state index in [1.165, 1.54) is 0 Å². The van der Waals surface area contributed by atoms with Crippen LogP contribution in [0, 0.1) is 0 Å². The standard InChI is InChI=1S/C20H36O12/c1-2-3-4-5-6-7-13(23)29-9-12-14(24)16(26)17(27)19(30-12)32-20(10-22)18(28)15(25)11(8-21)31-20/h11-12,14-19,21-22,24-28H,2-10H2,1H3/t11-,12-,14-,15+,16+,17-,18-,19-,20+/m1/s1. The lowest BCUT2D eigenvalue weighted by atomic mass is 9.99. The van der Waals surface area contributed by atoms with Crippen molar-refractivity contribution in [2.45, 2.75) is 100 Å². The lowest BCUT2D eigenvalue weighted by molar-refractivity contribution is -0.383. The molecule has 0 aromatic heterocycles. The van der Waals surface area contributed by atoms with Crippen molar-refractivity contribution in [1.29, 1.82) is 0 Å². The molecule has 0 bridgehead atoms. The van der Waals surface area contributed by atoms with Gasteiger partial charge in [0, 0.05) is 6.42 Å². The molecule has 0 aromatic carbocycles. The highest BCUT2D eigenvalue weighted by molar-refractivity contribution is 5.69. The summed E-state index contributed by atoms with van der Waals surface area (Å²) in [5.74, 6) is -2.77. The summed E-state index contributed by atoms with van der Waals surface area (Å²) in [4.78, 5) is 11.9. The van der Waals surface area contributed by atoms with Crippen LogP contribution in [-0.2, 0) is 23.7 Å². The maximum atomic E-state index is 11.9. The molecule has 0 amide bonds. The molecule has 0 radical (unpaired) electrons. The second kappa shape index (κ2) is 12.5. The lowest BCUT2D eigenvalue weighted by Crippen LogP contribution is -2.62. The molecule has 188 valence electrons. The predicted octanol–water partition coefficient (Wildman–Crippen LogP) is -2.48. The number of ether oxygens (including phenoxy) is 4. The first kappa shape index (κ1) is 27.3. The Morgan fingerprint density at radius 2 is 1.59 bits per heavy atom. The maximum absolute atomic E-state index is 11.9. The number of hydrogen-bond donors (Lipinski definition) is 7. The van der Waals surface area contributed by atoms with Crippen molar-refractivity contribution < 1.29 is 59.5 Å². The van der Waals surface area contributed by atoms with Gasteiger partial charge < -0.3 is 54.7 Å². The lowest BCUT2D eigenvalue weighted by Gasteiger charge is -2.43. The molecule has 12 heteroatoms. The van der Waals surface area contributed by atoms with Gasteiger partial charge in [-0.3, -0.25) is 4.79 Å². The van der Waals surface area contributed by atoms with Crippen molar-refractivity contribution >= 4 is 5.97 Å². The van der Waals surface area contributed by atoms with E-state index >= 15 is 0 Å². The summed E-state index contributed by atoms with van der Waals surface area (Å²) in [7, 11) is 0. The number of aliphatic hydroxyl groups excluding tert-OH is 7. The molecule has 2 rings (SSSR count). The number of hydrogen-bond acceptors (Lipinski definition) is 12. The first-order valence-electron chi connectivity index (χ1n) is 11.0. The molecule has 9 atom stereocenters. The summed E-state index contributed by atoms with van der Waals surface area (Å²) in [5.41, 5.74) is 0. The summed E-state index contributed by atoms with van der Waals surface area (Å²) in [5, 5.41) is 69.7. The largest absolute Gasteiger partial charge is 0.463 e. The normalized spacial score (nSPS) is 39.9. The van der Waals surface area contributed by atoms with E-state index in [4.69, 9.17) is 18.9 Å². The van der Waals surface area contributed by atoms with E-state index < -0.39 is 80.6 Å². The second-order valence-electron chi connectivity index (χ2n) is 8.22. The molecule has 0 aliphatic carbocycles. The van der Waals surface area contributed by atoms with Crippen LogP contribution in [0.2, 0.25) is 0 Å². The second-order valence-corrected chi connectivity index (χ2v) is 8.22. The Kier molecular flexibility index (Phi) is 10.7. The third-order valence-electron chi connectivity index (χ3n) is 5.78. The van der Waals surface area contributed by atoms with Crippen LogP contribution in [0.4, 0.5) is 0 Å². The van der Waals surface area contributed by atoms with Gasteiger partial charge in [-0.05, 0) is 6.42 Å². The fourth-order valence-electron chi connectivity index (χ4n) is 3.74. The maximum Gasteiger partial charge on any atom is 0.305 e. The fraction of sp³-hybridized carbons (Fsp3) is 0.950. The Morgan fingerprint density at radius 3 is 2.19 bits per heavy atom. The Morgan fingerprint density at radius 1 is 0.906 bits per heavy atom. The molecule has 0 unspecified atom stereocenters. The van der Waals surface area contributed by atoms with Gasteiger partial charge in [0.25, 0.3) is 0 Å². The van der Waals surface area contributed by atoms with Crippen molar-refractivity contribution in [3.8, 4) is 0 Å². The van der Waals surface area contributed by atoms with Gasteiger partial charge in [-0.15, -0.1) is 0 Å². The Balaban J connectivity index is 1.96. The first-order chi connectivity index (χ1) is 15.2. The molecule has 7 N–H and O–H groups in total. The minimum Gasteiger partial charge on any atom is -0.463 e. The molecule has 0 spiro atoms. The zero-order chi connectivity index (χ0) is 23.9. The van der Waals surface area contributed by atoms with Crippen LogP contribution in [0.3, 0.4) is 0 Å². The van der Waals surface area contributed by atoms with E-state index in [-0.39, 0.29) is 6.42 Å². The van der Waals surface area contributed by atoms with E-state index in [1.54, 1.807) is 0 Å². The minimum absolute atomic E-state index is 0.186. The van der Waals surface area contributed by atoms with Gasteiger partial charge in [-0.25, -0.2) is 0 Å². The number of rotatable bonds is 12. The molecular weight excluding hydrogens is 432 g/mol. The van der Waals surface area contributed by atoms with Crippen molar-refractivity contribution in [3.05, 3.63) is 0 Å². The van der Waals surface area contributed by atoms with Crippen molar-refractivity contribution in [2.24, 2.45) is 0 Å². The van der Waals surface area contributed by atoms with E-state index in [0.29, 0.717) is 6.42 Å². The third kappa shape index (κ3) is 6.35. The average Bonchev–Trinajstić information content (AvgIpc) is 3.03. The van der Waals surface area contributed by atoms with Crippen LogP contribution in [0.1, 0.15) is 45.4 Å². The van der Waals surface area contributed by atoms with Gasteiger partial charge in [0.15, 0.2) is 6.29 Å². The molecule has 2 heterocycles. The monoisotopic (exact) mass is 468 g/mol. The van der Waals surface area contributed by atoms with Gasteiger partial charge in [0.05, 0.1) is 6.61 Å². The Hall–Kier alpha value is -0.930. The van der Waals surface area contributed by atoms with Crippen LogP contribution in [0.15, 0.2) is 0 Å². The van der Waals surface area contributed by atoms with Crippen LogP contribution >= 0.6 is 0 Å². The van der Waals surface area contributed by atoms with E-state index in [2.05, 4.69) is 6.92 Å². The molecule has 0 saturated carbocycles. The Labute approximate surface area is 186 Å². The topological polar surface area (TPSA) is 196 Å². The third-order valence-corrected chi connectivity index (χ3v) is 5.78. The summed E-state index contributed by atoms with van der Waals surface area (Å²) >= 11 is 0. The molecule has 2 saturated heterocycles. The highest BCUT2D eigenvalue weighted by Crippen LogP contribution is 2.36. The van der Waals surface area contributed by atoms with Gasteiger partial charge in [-0.1, -0.05) is 32.6 Å². The van der Waals surface area contributed by atoms with E-state index in [9.17, 15) is 40.5 Å². The van der Waals surface area contributed by atoms with Gasteiger partial charge in [-0.2, -0.15) is 0 Å². The van der Waals surface area contributed by atoms with Crippen LogP contribution < -0.4 is 0 Å². The molecule has 2 aliphatic rings. The Bertz CT molecular complexity index is 577. The zero-order valence-corrected chi connectivity index (χ0v) is 18.2. The van der Waals surface area contributed by atoms with Crippen molar-refractivity contribution in [3.63, 3.8) is 0 Å². The average molecular weight is 468 g/mol. The molecular formula is C20H36O12. The summed E-state index contributed by atoms with van der Waals surface area (Å²) < 4.78 is 21.2. The van der Waals surface area contributed by atoms with Crippen LogP contribution in [-0.4, -0.2) is 116 Å². The minimum atomic E-state index is -2.26. The molecule has 32 heavy (non-hydrogen) atoms. The number of carbonyl (C=O) groups excluding carboxylic acids is 1. The molecule has 2 aliphatic heterocycles. The van der Waals surface area contributed by atoms with Crippen molar-refractivity contribution in [1.82, 2.24) is 0 Å². The molecule has 2 fully saturated rings. The molecule has 0 aromatic rings. The zero-order valence-electron chi connectivity index (χ0n) is 18.2. The summed E-state index contributed by atoms with van der Waals surface area (Å²) in [6, 6.07) is 0. The highest BCUT2D eigenvalue weighted by atomic mass is 16.8. The van der Waals surface area contributed by atoms with Gasteiger partial charge in [0.2, 0.25) is 5.79 Å². The SMILES string of the molecule is CCCCCCCC(=O)OC[C@H]1O[C@H](O[C@]2(CO)O[C@H](CO)[C@H](O)[C@H]2O)[C@H](O)[C@@H](O)[C@@H]1O. The number of unbranched alkanes of at least 4 members (excludes halogenated alkanes) is 4. The van der Waals surface area contributed by atoms with Gasteiger partial charge >= 0.3 is 5.97 Å². The number of esters is 1. The van der Waals surface area contributed by atoms with E-state index in [1.807, 2.05) is 0 Å². The van der Waals surface area contributed by atoms with Gasteiger partial charge in [0.1, 0.15) is 55.9 Å². The van der Waals surface area contributed by atoms with Crippen LogP contribution in [0.25, 0.3) is 0 Å². The van der Waals surface area contributed by atoms with Crippen molar-refractivity contribution in [2.75, 3.05) is 19.8 Å². The number of carbonyl (C=O) groups is 1. The highest BCUT2D eigenvalue weighted by Gasteiger charge is 2.58. The summed E-state index contributed by atoms with van der Waals surface area (Å²) in [6.07, 6.45) is -7.98. The molecule has 12 nitrogen and oxygen atoms in total. The first-order valence-corrected chi connectivity index (χ1v) is 11.0. The smallest absolute Gasteiger partial charge is 0.305 e. The van der Waals surface area contributed by atoms with E-state index in [0.717, 1.165) is 25.7 Å². The quantitative estimate of drug-likeness (QED) is 0.118.